The minimum atomic E-state index is -0.495. The molecule has 0 atom stereocenters. The Morgan fingerprint density at radius 1 is 1.29 bits per heavy atom. The molecule has 8 heteroatoms. The number of esters is 1. The quantitative estimate of drug-likeness (QED) is 0.573. The number of ether oxygens (including phenoxy) is 2. The predicted octanol–water partition coefficient (Wildman–Crippen LogP) is 3.48. The van der Waals surface area contributed by atoms with E-state index in [1.54, 1.807) is 16.7 Å². The van der Waals surface area contributed by atoms with Crippen molar-refractivity contribution in [2.24, 2.45) is 7.05 Å². The molecule has 0 spiro atoms. The molecule has 1 aromatic carbocycles. The highest BCUT2D eigenvalue weighted by molar-refractivity contribution is 7.99. The molecule has 0 radical (unpaired) electrons. The first-order valence-electron chi connectivity index (χ1n) is 7.36. The number of para-hydroxylation sites is 1. The highest BCUT2D eigenvalue weighted by Crippen LogP contribution is 2.24. The van der Waals surface area contributed by atoms with Crippen molar-refractivity contribution in [1.82, 2.24) is 14.8 Å². The topological polar surface area (TPSA) is 66.2 Å². The number of carbonyl (C=O) groups excluding carboxylic acids is 1. The molecule has 0 aliphatic rings. The molecule has 2 aromatic rings. The van der Waals surface area contributed by atoms with E-state index in [2.05, 4.69) is 10.2 Å². The van der Waals surface area contributed by atoms with Crippen LogP contribution in [0.5, 0.6) is 5.75 Å². The minimum Gasteiger partial charge on any atom is -0.484 e. The zero-order chi connectivity index (χ0) is 17.7. The van der Waals surface area contributed by atoms with Gasteiger partial charge in [0.2, 0.25) is 0 Å². The summed E-state index contributed by atoms with van der Waals surface area (Å²) in [5, 5.41) is 9.32. The monoisotopic (exact) mass is 369 g/mol. The van der Waals surface area contributed by atoms with Crippen LogP contribution in [0.25, 0.3) is 0 Å². The van der Waals surface area contributed by atoms with Gasteiger partial charge in [0.15, 0.2) is 11.0 Å². The Balaban J connectivity index is 1.91. The Morgan fingerprint density at radius 2 is 2.00 bits per heavy atom. The number of hydrogen-bond acceptors (Lipinski definition) is 6. The predicted molar refractivity (Wildman–Crippen MR) is 93.4 cm³/mol. The van der Waals surface area contributed by atoms with Crippen LogP contribution in [0.1, 0.15) is 26.6 Å². The molecule has 6 nitrogen and oxygen atoms in total. The molecular formula is C16H20ClN3O3S. The number of aromatic nitrogens is 3. The first-order valence-corrected chi connectivity index (χ1v) is 8.73. The molecule has 0 amide bonds. The molecule has 0 unspecified atom stereocenters. The zero-order valence-electron chi connectivity index (χ0n) is 14.1. The Hall–Kier alpha value is -1.73. The second kappa shape index (κ2) is 7.90. The van der Waals surface area contributed by atoms with E-state index in [0.717, 1.165) is 0 Å². The fourth-order valence-electron chi connectivity index (χ4n) is 1.79. The lowest BCUT2D eigenvalue weighted by atomic mass is 10.2. The summed E-state index contributed by atoms with van der Waals surface area (Å²) in [6.45, 7) is 5.74. The molecule has 0 bridgehead atoms. The van der Waals surface area contributed by atoms with Gasteiger partial charge in [-0.2, -0.15) is 0 Å². The molecule has 0 saturated heterocycles. The fraction of sp³-hybridized carbons (Fsp3) is 0.438. The van der Waals surface area contributed by atoms with Gasteiger partial charge in [0.1, 0.15) is 18.0 Å². The molecular weight excluding hydrogens is 350 g/mol. The van der Waals surface area contributed by atoms with Crippen molar-refractivity contribution >= 4 is 29.3 Å². The molecule has 2 rings (SSSR count). The third-order valence-corrected chi connectivity index (χ3v) is 4.16. The van der Waals surface area contributed by atoms with E-state index in [1.807, 2.05) is 40.0 Å². The van der Waals surface area contributed by atoms with Crippen LogP contribution in [0.3, 0.4) is 0 Å². The molecule has 0 aliphatic heterocycles. The SMILES string of the molecule is Cn1c(COc2ccccc2Cl)nnc1SCC(=O)OC(C)(C)C. The largest absolute Gasteiger partial charge is 0.484 e. The van der Waals surface area contributed by atoms with Gasteiger partial charge in [0.25, 0.3) is 0 Å². The van der Waals surface area contributed by atoms with Crippen molar-refractivity contribution in [2.75, 3.05) is 5.75 Å². The Labute approximate surface area is 150 Å². The summed E-state index contributed by atoms with van der Waals surface area (Å²) >= 11 is 7.32. The standard InChI is InChI=1S/C16H20ClN3O3S/c1-16(2,3)23-14(21)10-24-15-19-18-13(20(15)4)9-22-12-8-6-5-7-11(12)17/h5-8H,9-10H2,1-4H3. The Kier molecular flexibility index (Phi) is 6.12. The van der Waals surface area contributed by atoms with E-state index >= 15 is 0 Å². The van der Waals surface area contributed by atoms with Crippen LogP contribution in [0.2, 0.25) is 5.02 Å². The van der Waals surface area contributed by atoms with Crippen LogP contribution in [-0.2, 0) is 23.2 Å². The van der Waals surface area contributed by atoms with Crippen LogP contribution >= 0.6 is 23.4 Å². The van der Waals surface area contributed by atoms with E-state index in [0.29, 0.717) is 21.8 Å². The maximum Gasteiger partial charge on any atom is 0.316 e. The maximum absolute atomic E-state index is 11.8. The Morgan fingerprint density at radius 3 is 2.67 bits per heavy atom. The van der Waals surface area contributed by atoms with Gasteiger partial charge in [-0.3, -0.25) is 4.79 Å². The van der Waals surface area contributed by atoms with Crippen LogP contribution < -0.4 is 4.74 Å². The first kappa shape index (κ1) is 18.6. The van der Waals surface area contributed by atoms with E-state index < -0.39 is 5.60 Å². The summed E-state index contributed by atoms with van der Waals surface area (Å²) in [6.07, 6.45) is 0. The number of halogens is 1. The van der Waals surface area contributed by atoms with Gasteiger partial charge in [0.05, 0.1) is 10.8 Å². The average Bonchev–Trinajstić information content (AvgIpc) is 2.83. The first-order chi connectivity index (χ1) is 11.3. The number of benzene rings is 1. The molecule has 1 heterocycles. The third-order valence-electron chi connectivity index (χ3n) is 2.86. The average molecular weight is 370 g/mol. The van der Waals surface area contributed by atoms with Crippen molar-refractivity contribution in [3.63, 3.8) is 0 Å². The lowest BCUT2D eigenvalue weighted by Gasteiger charge is -2.19. The highest BCUT2D eigenvalue weighted by Gasteiger charge is 2.18. The van der Waals surface area contributed by atoms with Crippen molar-refractivity contribution < 1.29 is 14.3 Å². The summed E-state index contributed by atoms with van der Waals surface area (Å²) in [5.74, 6) is 1.12. The summed E-state index contributed by atoms with van der Waals surface area (Å²) in [6, 6.07) is 7.23. The van der Waals surface area contributed by atoms with Crippen molar-refractivity contribution in [1.29, 1.82) is 0 Å². The van der Waals surface area contributed by atoms with Gasteiger partial charge >= 0.3 is 5.97 Å². The molecule has 1 aromatic heterocycles. The van der Waals surface area contributed by atoms with E-state index in [-0.39, 0.29) is 18.3 Å². The highest BCUT2D eigenvalue weighted by atomic mass is 35.5. The van der Waals surface area contributed by atoms with Crippen LogP contribution in [-0.4, -0.2) is 32.1 Å². The molecule has 0 aliphatic carbocycles. The van der Waals surface area contributed by atoms with E-state index in [4.69, 9.17) is 21.1 Å². The van der Waals surface area contributed by atoms with Crippen LogP contribution in [0.15, 0.2) is 29.4 Å². The molecule has 130 valence electrons. The molecule has 24 heavy (non-hydrogen) atoms. The van der Waals surface area contributed by atoms with Gasteiger partial charge in [-0.25, -0.2) is 0 Å². The summed E-state index contributed by atoms with van der Waals surface area (Å²) in [4.78, 5) is 11.8. The number of nitrogens with zero attached hydrogens (tertiary/aromatic N) is 3. The van der Waals surface area contributed by atoms with Gasteiger partial charge in [0, 0.05) is 7.05 Å². The zero-order valence-corrected chi connectivity index (χ0v) is 15.6. The van der Waals surface area contributed by atoms with Gasteiger partial charge in [-0.15, -0.1) is 10.2 Å². The van der Waals surface area contributed by atoms with Crippen molar-refractivity contribution in [2.45, 2.75) is 38.1 Å². The number of rotatable bonds is 6. The fourth-order valence-corrected chi connectivity index (χ4v) is 2.69. The molecule has 0 N–H and O–H groups in total. The summed E-state index contributed by atoms with van der Waals surface area (Å²) in [7, 11) is 1.82. The molecule has 0 saturated carbocycles. The normalized spacial score (nSPS) is 11.4. The Bertz CT molecular complexity index is 713. The van der Waals surface area contributed by atoms with E-state index in [9.17, 15) is 4.79 Å². The van der Waals surface area contributed by atoms with Gasteiger partial charge < -0.3 is 14.0 Å². The van der Waals surface area contributed by atoms with Gasteiger partial charge in [-0.1, -0.05) is 35.5 Å². The van der Waals surface area contributed by atoms with Crippen LogP contribution in [0.4, 0.5) is 0 Å². The molecule has 0 fully saturated rings. The van der Waals surface area contributed by atoms with Gasteiger partial charge in [-0.05, 0) is 32.9 Å². The summed E-state index contributed by atoms with van der Waals surface area (Å²) in [5.41, 5.74) is -0.495. The maximum atomic E-state index is 11.8. The minimum absolute atomic E-state index is 0.175. The second-order valence-corrected chi connectivity index (χ2v) is 7.40. The number of carbonyl (C=O) groups is 1. The second-order valence-electron chi connectivity index (χ2n) is 6.05. The van der Waals surface area contributed by atoms with E-state index in [1.165, 1.54) is 11.8 Å². The van der Waals surface area contributed by atoms with Crippen molar-refractivity contribution in [3.05, 3.63) is 35.1 Å². The number of thioether (sulfide) groups is 1. The van der Waals surface area contributed by atoms with Crippen LogP contribution in [0, 0.1) is 0 Å². The van der Waals surface area contributed by atoms with Crippen molar-refractivity contribution in [3.8, 4) is 5.75 Å². The number of hydrogen-bond donors (Lipinski definition) is 0. The lowest BCUT2D eigenvalue weighted by Crippen LogP contribution is -2.25. The summed E-state index contributed by atoms with van der Waals surface area (Å²) < 4.78 is 12.7. The smallest absolute Gasteiger partial charge is 0.316 e. The lowest BCUT2D eigenvalue weighted by molar-refractivity contribution is -0.151. The third kappa shape index (κ3) is 5.42.